The van der Waals surface area contributed by atoms with Gasteiger partial charge in [-0.2, -0.15) is 18.2 Å². The Hall–Kier alpha value is -2.10. The van der Waals surface area contributed by atoms with E-state index in [1.807, 2.05) is 0 Å². The largest absolute Gasteiger partial charge is 0.481 e. The third-order valence-electron chi connectivity index (χ3n) is 4.60. The summed E-state index contributed by atoms with van der Waals surface area (Å²) in [6.45, 7) is 1.33. The maximum atomic E-state index is 13.2. The number of hydrogen-bond acceptors (Lipinski definition) is 6. The van der Waals surface area contributed by atoms with Crippen LogP contribution in [-0.4, -0.2) is 58.4 Å². The molecule has 1 aromatic heterocycles. The number of carboxylic acids is 1. The Morgan fingerprint density at radius 1 is 1.16 bits per heavy atom. The maximum absolute atomic E-state index is 13.2. The third kappa shape index (κ3) is 3.78. The molecule has 0 aromatic carbocycles. The molecule has 2 aliphatic heterocycles. The van der Waals surface area contributed by atoms with E-state index in [2.05, 4.69) is 9.97 Å². The van der Waals surface area contributed by atoms with Gasteiger partial charge in [-0.15, -0.1) is 0 Å². The summed E-state index contributed by atoms with van der Waals surface area (Å²) in [4.78, 5) is 22.3. The first-order valence-corrected chi connectivity index (χ1v) is 8.13. The van der Waals surface area contributed by atoms with Crippen molar-refractivity contribution in [2.75, 3.05) is 36.0 Å². The Morgan fingerprint density at radius 3 is 2.44 bits per heavy atom. The Balaban J connectivity index is 1.94. The van der Waals surface area contributed by atoms with Gasteiger partial charge in [0, 0.05) is 32.2 Å². The number of aromatic nitrogens is 2. The SMILES string of the molecule is O=C(O)[C@H]1CN(c2cc(C(F)(F)F)nc(N3CCCC3)n2)CC[C@@H]1O. The summed E-state index contributed by atoms with van der Waals surface area (Å²) in [7, 11) is 0. The zero-order valence-corrected chi connectivity index (χ0v) is 13.4. The molecule has 3 heterocycles. The molecule has 0 spiro atoms. The van der Waals surface area contributed by atoms with Crippen molar-refractivity contribution in [3.8, 4) is 0 Å². The normalized spacial score (nSPS) is 24.6. The summed E-state index contributed by atoms with van der Waals surface area (Å²) >= 11 is 0. The van der Waals surface area contributed by atoms with E-state index in [1.54, 1.807) is 4.90 Å². The van der Waals surface area contributed by atoms with Gasteiger partial charge in [-0.05, 0) is 19.3 Å². The summed E-state index contributed by atoms with van der Waals surface area (Å²) in [6, 6.07) is 0.843. The summed E-state index contributed by atoms with van der Waals surface area (Å²) in [6.07, 6.45) is -3.75. The fraction of sp³-hybridized carbons (Fsp3) is 0.667. The molecule has 7 nitrogen and oxygen atoms in total. The average molecular weight is 360 g/mol. The molecule has 0 radical (unpaired) electrons. The highest BCUT2D eigenvalue weighted by atomic mass is 19.4. The van der Waals surface area contributed by atoms with E-state index >= 15 is 0 Å². The molecule has 2 saturated heterocycles. The van der Waals surface area contributed by atoms with E-state index in [-0.39, 0.29) is 31.3 Å². The van der Waals surface area contributed by atoms with Crippen molar-refractivity contribution in [3.63, 3.8) is 0 Å². The van der Waals surface area contributed by atoms with Gasteiger partial charge >= 0.3 is 12.1 Å². The number of aliphatic hydroxyl groups excluding tert-OH is 1. The number of piperidine rings is 1. The van der Waals surface area contributed by atoms with Crippen molar-refractivity contribution < 1.29 is 28.2 Å². The standard InChI is InChI=1S/C15H19F3N4O3/c16-15(17,18)11-7-12(20-14(19-11)21-4-1-2-5-21)22-6-3-10(23)9(8-22)13(24)25/h7,9-10,23H,1-6,8H2,(H,24,25)/t9-,10-/m0/s1. The van der Waals surface area contributed by atoms with E-state index in [4.69, 9.17) is 0 Å². The summed E-state index contributed by atoms with van der Waals surface area (Å²) in [5.41, 5.74) is -1.04. The second kappa shape index (κ2) is 6.66. The van der Waals surface area contributed by atoms with Gasteiger partial charge in [-0.25, -0.2) is 4.98 Å². The lowest BCUT2D eigenvalue weighted by atomic mass is 9.95. The molecule has 2 N–H and O–H groups in total. The van der Waals surface area contributed by atoms with E-state index in [0.717, 1.165) is 18.9 Å². The molecule has 0 amide bonds. The van der Waals surface area contributed by atoms with Gasteiger partial charge < -0.3 is 20.0 Å². The fourth-order valence-corrected chi connectivity index (χ4v) is 3.18. The zero-order valence-electron chi connectivity index (χ0n) is 13.4. The highest BCUT2D eigenvalue weighted by Crippen LogP contribution is 2.33. The Morgan fingerprint density at radius 2 is 1.84 bits per heavy atom. The molecule has 2 atom stereocenters. The minimum absolute atomic E-state index is 0.0142. The highest BCUT2D eigenvalue weighted by Gasteiger charge is 2.37. The van der Waals surface area contributed by atoms with Crippen molar-refractivity contribution in [2.45, 2.75) is 31.5 Å². The van der Waals surface area contributed by atoms with E-state index < -0.39 is 29.9 Å². The average Bonchev–Trinajstić information content (AvgIpc) is 3.08. The van der Waals surface area contributed by atoms with Gasteiger partial charge in [0.2, 0.25) is 5.95 Å². The summed E-state index contributed by atoms with van der Waals surface area (Å²) in [5.74, 6) is -2.18. The topological polar surface area (TPSA) is 89.8 Å². The van der Waals surface area contributed by atoms with E-state index in [0.29, 0.717) is 13.1 Å². The number of nitrogens with zero attached hydrogens (tertiary/aromatic N) is 4. The van der Waals surface area contributed by atoms with Crippen LogP contribution in [0.5, 0.6) is 0 Å². The molecule has 0 bridgehead atoms. The van der Waals surface area contributed by atoms with Crippen molar-refractivity contribution in [1.29, 1.82) is 0 Å². The number of carbonyl (C=O) groups is 1. The molecular formula is C15H19F3N4O3. The Bertz CT molecular complexity index is 649. The summed E-state index contributed by atoms with van der Waals surface area (Å²) < 4.78 is 39.6. The van der Waals surface area contributed by atoms with Gasteiger partial charge in [0.15, 0.2) is 5.69 Å². The van der Waals surface area contributed by atoms with Crippen molar-refractivity contribution in [2.24, 2.45) is 5.92 Å². The van der Waals surface area contributed by atoms with E-state index in [1.165, 1.54) is 4.90 Å². The number of aliphatic carboxylic acids is 1. The molecule has 3 rings (SSSR count). The molecule has 10 heteroatoms. The minimum Gasteiger partial charge on any atom is -0.481 e. The van der Waals surface area contributed by atoms with Crippen LogP contribution in [0.3, 0.4) is 0 Å². The van der Waals surface area contributed by atoms with Crippen molar-refractivity contribution >= 4 is 17.7 Å². The fourth-order valence-electron chi connectivity index (χ4n) is 3.18. The molecule has 0 aliphatic carbocycles. The van der Waals surface area contributed by atoms with Crippen molar-refractivity contribution in [3.05, 3.63) is 11.8 Å². The molecule has 138 valence electrons. The number of anilines is 2. The van der Waals surface area contributed by atoms with Crippen LogP contribution in [0.25, 0.3) is 0 Å². The Labute approximate surface area is 142 Å². The molecule has 2 aliphatic rings. The van der Waals surface area contributed by atoms with Gasteiger partial charge in [0.05, 0.1) is 6.10 Å². The summed E-state index contributed by atoms with van der Waals surface area (Å²) in [5, 5.41) is 19.0. The molecule has 0 unspecified atom stereocenters. The quantitative estimate of drug-likeness (QED) is 0.841. The number of halogens is 3. The second-order valence-electron chi connectivity index (χ2n) is 6.35. The predicted octanol–water partition coefficient (Wildman–Crippen LogP) is 1.37. The van der Waals surface area contributed by atoms with Crippen LogP contribution < -0.4 is 9.80 Å². The maximum Gasteiger partial charge on any atom is 0.433 e. The first-order chi connectivity index (χ1) is 11.8. The van der Waals surface area contributed by atoms with Crippen LogP contribution >= 0.6 is 0 Å². The van der Waals surface area contributed by atoms with Crippen molar-refractivity contribution in [1.82, 2.24) is 9.97 Å². The molecule has 2 fully saturated rings. The second-order valence-corrected chi connectivity index (χ2v) is 6.35. The van der Waals surface area contributed by atoms with Gasteiger partial charge in [0.1, 0.15) is 11.7 Å². The number of carboxylic acid groups (broad SMARTS) is 1. The predicted molar refractivity (Wildman–Crippen MR) is 82.4 cm³/mol. The van der Waals surface area contributed by atoms with E-state index in [9.17, 15) is 28.2 Å². The third-order valence-corrected chi connectivity index (χ3v) is 4.60. The monoisotopic (exact) mass is 360 g/mol. The lowest BCUT2D eigenvalue weighted by Crippen LogP contribution is -2.47. The van der Waals surface area contributed by atoms with Gasteiger partial charge in [-0.3, -0.25) is 4.79 Å². The van der Waals surface area contributed by atoms with Crippen LogP contribution in [0.15, 0.2) is 6.07 Å². The van der Waals surface area contributed by atoms with Crippen LogP contribution in [0.4, 0.5) is 24.9 Å². The molecule has 1 aromatic rings. The highest BCUT2D eigenvalue weighted by molar-refractivity contribution is 5.72. The molecule has 0 saturated carbocycles. The Kier molecular flexibility index (Phi) is 4.72. The number of alkyl halides is 3. The molecule has 25 heavy (non-hydrogen) atoms. The van der Waals surface area contributed by atoms with Crippen LogP contribution in [0.1, 0.15) is 25.0 Å². The number of aliphatic hydroxyl groups is 1. The number of hydrogen-bond donors (Lipinski definition) is 2. The smallest absolute Gasteiger partial charge is 0.433 e. The first-order valence-electron chi connectivity index (χ1n) is 8.13. The zero-order chi connectivity index (χ0) is 18.2. The van der Waals surface area contributed by atoms with Crippen LogP contribution in [0, 0.1) is 5.92 Å². The lowest BCUT2D eigenvalue weighted by molar-refractivity contribution is -0.146. The minimum atomic E-state index is -4.62. The van der Waals surface area contributed by atoms with Crippen LogP contribution in [0.2, 0.25) is 0 Å². The van der Waals surface area contributed by atoms with Gasteiger partial charge in [-0.1, -0.05) is 0 Å². The van der Waals surface area contributed by atoms with Crippen LogP contribution in [-0.2, 0) is 11.0 Å². The van der Waals surface area contributed by atoms with Gasteiger partial charge in [0.25, 0.3) is 0 Å². The molecular weight excluding hydrogens is 341 g/mol. The number of rotatable bonds is 3. The lowest BCUT2D eigenvalue weighted by Gasteiger charge is -2.35. The first kappa shape index (κ1) is 17.7.